The molecule has 1 aliphatic rings. The van der Waals surface area contributed by atoms with Crippen LogP contribution in [0.1, 0.15) is 10.4 Å². The molecule has 0 spiro atoms. The molecule has 2 aromatic carbocycles. The van der Waals surface area contributed by atoms with Crippen LogP contribution in [0.2, 0.25) is 5.02 Å². The topological polar surface area (TPSA) is 72.9 Å². The minimum absolute atomic E-state index is 0.188. The molecule has 1 atom stereocenters. The molecule has 6 nitrogen and oxygen atoms in total. The highest BCUT2D eigenvalue weighted by atomic mass is 35.5. The second-order valence-electron chi connectivity index (χ2n) is 5.98. The molecule has 3 rings (SSSR count). The molecule has 0 aliphatic carbocycles. The number of ether oxygens (including phenoxy) is 2. The second-order valence-corrected chi connectivity index (χ2v) is 8.35. The third-order valence-corrected chi connectivity index (χ3v) is 5.76. The predicted octanol–water partition coefficient (Wildman–Crippen LogP) is 3.31. The molecular formula is C19H18ClNO5S. The normalized spacial score (nSPS) is 17.5. The monoisotopic (exact) mass is 407 g/mol. The molecule has 27 heavy (non-hydrogen) atoms. The Morgan fingerprint density at radius 3 is 2.30 bits per heavy atom. The highest BCUT2D eigenvalue weighted by Crippen LogP contribution is 2.29. The molecule has 0 aromatic heterocycles. The van der Waals surface area contributed by atoms with Gasteiger partial charge in [-0.25, -0.2) is 8.42 Å². The number of hydrogen-bond donors (Lipinski definition) is 0. The maximum absolute atomic E-state index is 13.3. The van der Waals surface area contributed by atoms with E-state index in [1.807, 2.05) is 0 Å². The van der Waals surface area contributed by atoms with Gasteiger partial charge in [0, 0.05) is 27.7 Å². The molecule has 0 unspecified atom stereocenters. The smallest absolute Gasteiger partial charge is 0.259 e. The lowest BCUT2D eigenvalue weighted by Crippen LogP contribution is -2.41. The van der Waals surface area contributed by atoms with Gasteiger partial charge in [0.15, 0.2) is 9.84 Å². The van der Waals surface area contributed by atoms with E-state index in [2.05, 4.69) is 0 Å². The molecule has 2 aromatic rings. The Kier molecular flexibility index (Phi) is 5.43. The van der Waals surface area contributed by atoms with Crippen molar-refractivity contribution in [3.63, 3.8) is 0 Å². The summed E-state index contributed by atoms with van der Waals surface area (Å²) >= 11 is 6.08. The average molecular weight is 408 g/mol. The SMILES string of the molecule is COc1cc(OC)cc(C(=O)N(c2cccc(Cl)c2)[C@H]2C=CS(=O)(=O)C2)c1. The molecule has 0 saturated carbocycles. The zero-order valence-electron chi connectivity index (χ0n) is 14.8. The third kappa shape index (κ3) is 4.26. The number of hydrogen-bond acceptors (Lipinski definition) is 5. The number of methoxy groups -OCH3 is 2. The van der Waals surface area contributed by atoms with Crippen molar-refractivity contribution in [3.8, 4) is 11.5 Å². The Hall–Kier alpha value is -2.51. The first-order valence-corrected chi connectivity index (χ1v) is 10.2. The van der Waals surface area contributed by atoms with Crippen molar-refractivity contribution in [1.29, 1.82) is 0 Å². The van der Waals surface area contributed by atoms with Crippen LogP contribution < -0.4 is 14.4 Å². The zero-order valence-corrected chi connectivity index (χ0v) is 16.3. The molecule has 1 heterocycles. The lowest BCUT2D eigenvalue weighted by molar-refractivity contribution is 0.0982. The summed E-state index contributed by atoms with van der Waals surface area (Å²) in [6.45, 7) is 0. The third-order valence-electron chi connectivity index (χ3n) is 4.15. The van der Waals surface area contributed by atoms with Gasteiger partial charge in [-0.1, -0.05) is 17.7 Å². The number of sulfone groups is 1. The Labute approximate surface area is 162 Å². The van der Waals surface area contributed by atoms with Gasteiger partial charge in [-0.2, -0.15) is 0 Å². The molecule has 0 bridgehead atoms. The van der Waals surface area contributed by atoms with Crippen LogP contribution in [0.25, 0.3) is 0 Å². The summed E-state index contributed by atoms with van der Waals surface area (Å²) in [6, 6.07) is 10.9. The maximum Gasteiger partial charge on any atom is 0.259 e. The van der Waals surface area contributed by atoms with Crippen LogP contribution in [-0.4, -0.2) is 40.3 Å². The lowest BCUT2D eigenvalue weighted by atomic mass is 10.1. The van der Waals surface area contributed by atoms with Gasteiger partial charge in [0.25, 0.3) is 5.91 Å². The van der Waals surface area contributed by atoms with Gasteiger partial charge in [-0.3, -0.25) is 4.79 Å². The summed E-state index contributed by atoms with van der Waals surface area (Å²) in [7, 11) is -0.377. The first-order valence-electron chi connectivity index (χ1n) is 8.06. The van der Waals surface area contributed by atoms with Crippen LogP contribution in [0, 0.1) is 0 Å². The molecular weight excluding hydrogens is 390 g/mol. The number of benzene rings is 2. The average Bonchev–Trinajstić information content (AvgIpc) is 3.00. The van der Waals surface area contributed by atoms with Gasteiger partial charge in [0.05, 0.1) is 26.0 Å². The molecule has 0 saturated heterocycles. The van der Waals surface area contributed by atoms with Crippen molar-refractivity contribution in [2.24, 2.45) is 0 Å². The fourth-order valence-corrected chi connectivity index (χ4v) is 4.33. The predicted molar refractivity (Wildman–Crippen MR) is 105 cm³/mol. The molecule has 0 fully saturated rings. The van der Waals surface area contributed by atoms with E-state index in [0.717, 1.165) is 5.41 Å². The van der Waals surface area contributed by atoms with E-state index in [0.29, 0.717) is 27.8 Å². The van der Waals surface area contributed by atoms with Crippen molar-refractivity contribution in [2.45, 2.75) is 6.04 Å². The van der Waals surface area contributed by atoms with Gasteiger partial charge in [0.2, 0.25) is 0 Å². The summed E-state index contributed by atoms with van der Waals surface area (Å²) in [4.78, 5) is 14.8. The molecule has 142 valence electrons. The number of anilines is 1. The standard InChI is InChI=1S/C19H18ClNO5S/c1-25-17-8-13(9-18(11-17)26-2)19(22)21(15-5-3-4-14(20)10-15)16-6-7-27(23,24)12-16/h3-11,16H,12H2,1-2H3/t16-/m0/s1. The number of amides is 1. The Morgan fingerprint density at radius 2 is 1.78 bits per heavy atom. The van der Waals surface area contributed by atoms with Crippen molar-refractivity contribution >= 4 is 33.0 Å². The van der Waals surface area contributed by atoms with E-state index in [1.165, 1.54) is 25.2 Å². The van der Waals surface area contributed by atoms with Crippen LogP contribution in [0.3, 0.4) is 0 Å². The molecule has 1 aliphatic heterocycles. The van der Waals surface area contributed by atoms with Gasteiger partial charge in [0.1, 0.15) is 11.5 Å². The number of carbonyl (C=O) groups excluding carboxylic acids is 1. The Morgan fingerprint density at radius 1 is 1.11 bits per heavy atom. The summed E-state index contributed by atoms with van der Waals surface area (Å²) in [5.41, 5.74) is 0.810. The van der Waals surface area contributed by atoms with Crippen LogP contribution in [0.4, 0.5) is 5.69 Å². The van der Waals surface area contributed by atoms with Gasteiger partial charge < -0.3 is 14.4 Å². The molecule has 0 radical (unpaired) electrons. The molecule has 0 N–H and O–H groups in total. The number of nitrogens with zero attached hydrogens (tertiary/aromatic N) is 1. The van der Waals surface area contributed by atoms with E-state index in [-0.39, 0.29) is 11.7 Å². The second kappa shape index (κ2) is 7.62. The molecule has 1 amide bonds. The highest BCUT2D eigenvalue weighted by Gasteiger charge is 2.32. The number of rotatable bonds is 5. The van der Waals surface area contributed by atoms with Crippen LogP contribution in [0.15, 0.2) is 53.9 Å². The fourth-order valence-electron chi connectivity index (χ4n) is 2.88. The molecule has 8 heteroatoms. The zero-order chi connectivity index (χ0) is 19.6. The summed E-state index contributed by atoms with van der Waals surface area (Å²) in [5.74, 6) is 0.338. The van der Waals surface area contributed by atoms with Gasteiger partial charge >= 0.3 is 0 Å². The quantitative estimate of drug-likeness (QED) is 0.760. The van der Waals surface area contributed by atoms with Gasteiger partial charge in [-0.15, -0.1) is 0 Å². The van der Waals surface area contributed by atoms with Crippen LogP contribution >= 0.6 is 11.6 Å². The van der Waals surface area contributed by atoms with E-state index in [9.17, 15) is 13.2 Å². The Balaban J connectivity index is 2.08. The summed E-state index contributed by atoms with van der Waals surface area (Å²) in [6.07, 6.45) is 1.51. The van der Waals surface area contributed by atoms with E-state index >= 15 is 0 Å². The van der Waals surface area contributed by atoms with Crippen molar-refractivity contribution in [2.75, 3.05) is 24.9 Å². The fraction of sp³-hybridized carbons (Fsp3) is 0.211. The van der Waals surface area contributed by atoms with Crippen LogP contribution in [-0.2, 0) is 9.84 Å². The van der Waals surface area contributed by atoms with Crippen LogP contribution in [0.5, 0.6) is 11.5 Å². The van der Waals surface area contributed by atoms with E-state index < -0.39 is 15.9 Å². The minimum Gasteiger partial charge on any atom is -0.497 e. The van der Waals surface area contributed by atoms with E-state index in [4.69, 9.17) is 21.1 Å². The number of carbonyl (C=O) groups is 1. The van der Waals surface area contributed by atoms with Crippen molar-refractivity contribution in [1.82, 2.24) is 0 Å². The minimum atomic E-state index is -3.36. The summed E-state index contributed by atoms with van der Waals surface area (Å²) < 4.78 is 34.3. The first kappa shape index (κ1) is 19.3. The largest absolute Gasteiger partial charge is 0.497 e. The van der Waals surface area contributed by atoms with Crippen molar-refractivity contribution < 1.29 is 22.7 Å². The van der Waals surface area contributed by atoms with Crippen molar-refractivity contribution in [3.05, 3.63) is 64.5 Å². The maximum atomic E-state index is 13.3. The van der Waals surface area contributed by atoms with Gasteiger partial charge in [-0.05, 0) is 36.4 Å². The Bertz CT molecular complexity index is 981. The van der Waals surface area contributed by atoms with E-state index in [1.54, 1.807) is 42.5 Å². The first-order chi connectivity index (χ1) is 12.8. The lowest BCUT2D eigenvalue weighted by Gasteiger charge is -2.28. The highest BCUT2D eigenvalue weighted by molar-refractivity contribution is 7.94. The summed E-state index contributed by atoms with van der Waals surface area (Å²) in [5, 5.41) is 1.58. The number of halogens is 1.